The minimum absolute atomic E-state index is 0.649. The maximum absolute atomic E-state index is 3.75. The summed E-state index contributed by atoms with van der Waals surface area (Å²) in [5, 5.41) is 3.75. The first-order chi connectivity index (χ1) is 9.06. The monoisotopic (exact) mass is 323 g/mol. The highest BCUT2D eigenvalue weighted by Gasteiger charge is 2.22. The van der Waals surface area contributed by atoms with Crippen LogP contribution >= 0.6 is 15.9 Å². The van der Waals surface area contributed by atoms with Gasteiger partial charge in [-0.05, 0) is 65.6 Å². The van der Waals surface area contributed by atoms with Gasteiger partial charge in [-0.3, -0.25) is 0 Å². The zero-order valence-corrected chi connectivity index (χ0v) is 14.0. The summed E-state index contributed by atoms with van der Waals surface area (Å²) in [4.78, 5) is 0. The number of nitrogens with one attached hydrogen (secondary N) is 1. The molecule has 0 spiro atoms. The second-order valence-electron chi connectivity index (χ2n) is 6.44. The van der Waals surface area contributed by atoms with E-state index in [1.165, 1.54) is 47.8 Å². The van der Waals surface area contributed by atoms with E-state index in [0.717, 1.165) is 11.8 Å². The molecule has 2 unspecified atom stereocenters. The van der Waals surface area contributed by atoms with Crippen LogP contribution in [0.25, 0.3) is 0 Å². The lowest BCUT2D eigenvalue weighted by atomic mass is 9.81. The van der Waals surface area contributed by atoms with Gasteiger partial charge in [-0.2, -0.15) is 0 Å². The number of hydrogen-bond donors (Lipinski definition) is 1. The topological polar surface area (TPSA) is 12.0 Å². The Labute approximate surface area is 126 Å². The highest BCUT2D eigenvalue weighted by molar-refractivity contribution is 9.10. The van der Waals surface area contributed by atoms with Crippen molar-refractivity contribution in [3.8, 4) is 0 Å². The summed E-state index contributed by atoms with van der Waals surface area (Å²) in [6.07, 6.45) is 6.82. The van der Waals surface area contributed by atoms with Gasteiger partial charge in [0.15, 0.2) is 0 Å². The van der Waals surface area contributed by atoms with Crippen LogP contribution in [-0.2, 0) is 0 Å². The molecule has 0 amide bonds. The van der Waals surface area contributed by atoms with Gasteiger partial charge >= 0.3 is 0 Å². The standard InChI is InChI=1S/C17H26BrN/c1-12(2)10-14-7-5-8-15(11-14)19-16-9-4-6-13(3)17(16)18/h4,6,9,12,14-15,19H,5,7-8,10-11H2,1-3H3. The summed E-state index contributed by atoms with van der Waals surface area (Å²) in [5.74, 6) is 1.74. The van der Waals surface area contributed by atoms with Crippen LogP contribution in [0.5, 0.6) is 0 Å². The van der Waals surface area contributed by atoms with E-state index in [-0.39, 0.29) is 0 Å². The van der Waals surface area contributed by atoms with Crippen molar-refractivity contribution >= 4 is 21.6 Å². The molecule has 0 aromatic heterocycles. The van der Waals surface area contributed by atoms with Crippen molar-refractivity contribution in [3.05, 3.63) is 28.2 Å². The Bertz CT molecular complexity index is 414. The maximum Gasteiger partial charge on any atom is 0.0489 e. The maximum atomic E-state index is 3.75. The van der Waals surface area contributed by atoms with Crippen molar-refractivity contribution in [1.29, 1.82) is 0 Å². The molecule has 2 atom stereocenters. The van der Waals surface area contributed by atoms with Gasteiger partial charge in [0.05, 0.1) is 0 Å². The average Bonchev–Trinajstić information content (AvgIpc) is 2.35. The van der Waals surface area contributed by atoms with Crippen molar-refractivity contribution in [2.75, 3.05) is 5.32 Å². The van der Waals surface area contributed by atoms with E-state index in [1.54, 1.807) is 0 Å². The minimum Gasteiger partial charge on any atom is -0.381 e. The third-order valence-electron chi connectivity index (χ3n) is 4.14. The third-order valence-corrected chi connectivity index (χ3v) is 5.19. The van der Waals surface area contributed by atoms with Crippen LogP contribution in [0, 0.1) is 18.8 Å². The molecule has 0 radical (unpaired) electrons. The van der Waals surface area contributed by atoms with Crippen LogP contribution < -0.4 is 5.32 Å². The number of hydrogen-bond acceptors (Lipinski definition) is 1. The molecule has 0 bridgehead atoms. The van der Waals surface area contributed by atoms with Gasteiger partial charge in [0.1, 0.15) is 0 Å². The normalized spacial score (nSPS) is 23.6. The van der Waals surface area contributed by atoms with Crippen molar-refractivity contribution in [2.45, 2.75) is 58.9 Å². The first-order valence-corrected chi connectivity index (χ1v) is 8.37. The average molecular weight is 324 g/mol. The number of benzene rings is 1. The van der Waals surface area contributed by atoms with Crippen molar-refractivity contribution in [3.63, 3.8) is 0 Å². The van der Waals surface area contributed by atoms with Gasteiger partial charge in [-0.25, -0.2) is 0 Å². The second kappa shape index (κ2) is 6.78. The van der Waals surface area contributed by atoms with Crippen LogP contribution in [0.2, 0.25) is 0 Å². The summed E-state index contributed by atoms with van der Waals surface area (Å²) in [6, 6.07) is 7.12. The zero-order chi connectivity index (χ0) is 13.8. The summed E-state index contributed by atoms with van der Waals surface area (Å²) in [7, 11) is 0. The third kappa shape index (κ3) is 4.24. The van der Waals surface area contributed by atoms with Gasteiger partial charge in [0.2, 0.25) is 0 Å². The van der Waals surface area contributed by atoms with Gasteiger partial charge < -0.3 is 5.32 Å². The molecule has 1 saturated carbocycles. The Morgan fingerprint density at radius 2 is 2.11 bits per heavy atom. The fraction of sp³-hybridized carbons (Fsp3) is 0.647. The number of aryl methyl sites for hydroxylation is 1. The van der Waals surface area contributed by atoms with E-state index < -0.39 is 0 Å². The van der Waals surface area contributed by atoms with Crippen molar-refractivity contribution in [2.24, 2.45) is 11.8 Å². The molecule has 2 heteroatoms. The van der Waals surface area contributed by atoms with Gasteiger partial charge in [-0.15, -0.1) is 0 Å². The van der Waals surface area contributed by atoms with E-state index in [2.05, 4.69) is 60.2 Å². The molecule has 0 heterocycles. The minimum atomic E-state index is 0.649. The molecule has 1 N–H and O–H groups in total. The molecule has 106 valence electrons. The van der Waals surface area contributed by atoms with Crippen molar-refractivity contribution in [1.82, 2.24) is 0 Å². The summed E-state index contributed by atoms with van der Waals surface area (Å²) >= 11 is 3.70. The zero-order valence-electron chi connectivity index (χ0n) is 12.4. The number of rotatable bonds is 4. The molecule has 1 aliphatic rings. The van der Waals surface area contributed by atoms with Crippen molar-refractivity contribution < 1.29 is 0 Å². The highest BCUT2D eigenvalue weighted by atomic mass is 79.9. The Morgan fingerprint density at radius 3 is 2.84 bits per heavy atom. The van der Waals surface area contributed by atoms with Gasteiger partial charge in [0.25, 0.3) is 0 Å². The molecule has 0 aliphatic heterocycles. The quantitative estimate of drug-likeness (QED) is 0.741. The smallest absolute Gasteiger partial charge is 0.0489 e. The largest absolute Gasteiger partial charge is 0.381 e. The van der Waals surface area contributed by atoms with Crippen LogP contribution in [0.1, 0.15) is 51.5 Å². The SMILES string of the molecule is Cc1cccc(NC2CCCC(CC(C)C)C2)c1Br. The lowest BCUT2D eigenvalue weighted by Crippen LogP contribution is -2.28. The molecule has 19 heavy (non-hydrogen) atoms. The van der Waals surface area contributed by atoms with E-state index in [1.807, 2.05) is 0 Å². The fourth-order valence-electron chi connectivity index (χ4n) is 3.28. The summed E-state index contributed by atoms with van der Waals surface area (Å²) in [6.45, 7) is 6.83. The molecule has 1 aromatic rings. The molecule has 2 rings (SSSR count). The van der Waals surface area contributed by atoms with Crippen LogP contribution in [0.4, 0.5) is 5.69 Å². The fourth-order valence-corrected chi connectivity index (χ4v) is 3.66. The van der Waals surface area contributed by atoms with E-state index in [9.17, 15) is 0 Å². The molecule has 1 aromatic carbocycles. The first kappa shape index (κ1) is 14.9. The molecular weight excluding hydrogens is 298 g/mol. The number of halogens is 1. The van der Waals surface area contributed by atoms with E-state index in [4.69, 9.17) is 0 Å². The summed E-state index contributed by atoms with van der Waals surface area (Å²) < 4.78 is 1.22. The Balaban J connectivity index is 1.97. The highest BCUT2D eigenvalue weighted by Crippen LogP contribution is 2.33. The summed E-state index contributed by atoms with van der Waals surface area (Å²) in [5.41, 5.74) is 2.56. The van der Waals surface area contributed by atoms with Crippen LogP contribution in [0.15, 0.2) is 22.7 Å². The number of anilines is 1. The van der Waals surface area contributed by atoms with Gasteiger partial charge in [-0.1, -0.05) is 38.8 Å². The lowest BCUT2D eigenvalue weighted by Gasteiger charge is -2.31. The Kier molecular flexibility index (Phi) is 5.32. The Morgan fingerprint density at radius 1 is 1.32 bits per heavy atom. The Hall–Kier alpha value is -0.500. The second-order valence-corrected chi connectivity index (χ2v) is 7.23. The van der Waals surface area contributed by atoms with Crippen LogP contribution in [0.3, 0.4) is 0 Å². The molecule has 1 nitrogen and oxygen atoms in total. The predicted molar refractivity (Wildman–Crippen MR) is 87.7 cm³/mol. The van der Waals surface area contributed by atoms with E-state index >= 15 is 0 Å². The van der Waals surface area contributed by atoms with Crippen LogP contribution in [-0.4, -0.2) is 6.04 Å². The van der Waals surface area contributed by atoms with Gasteiger partial charge in [0, 0.05) is 16.2 Å². The molecule has 1 aliphatic carbocycles. The molecular formula is C17H26BrN. The molecule has 1 fully saturated rings. The molecule has 0 saturated heterocycles. The first-order valence-electron chi connectivity index (χ1n) is 7.58. The van der Waals surface area contributed by atoms with E-state index in [0.29, 0.717) is 6.04 Å². The predicted octanol–water partition coefficient (Wildman–Crippen LogP) is 5.77. The lowest BCUT2D eigenvalue weighted by molar-refractivity contribution is 0.289.